The Balaban J connectivity index is 1.83. The fraction of sp³-hybridized carbons (Fsp3) is 0.190. The molecular weight excluding hydrogens is 324 g/mol. The lowest BCUT2D eigenvalue weighted by Gasteiger charge is -2.18. The van der Waals surface area contributed by atoms with Crippen molar-refractivity contribution in [2.45, 2.75) is 20.3 Å². The smallest absolute Gasteiger partial charge is 0.274 e. The Labute approximate surface area is 153 Å². The van der Waals surface area contributed by atoms with Gasteiger partial charge in [0.1, 0.15) is 5.69 Å². The van der Waals surface area contributed by atoms with Crippen LogP contribution in [0, 0.1) is 6.92 Å². The number of nitrogens with zero attached hydrogens (tertiary/aromatic N) is 3. The molecule has 0 aliphatic carbocycles. The average molecular weight is 346 g/mol. The summed E-state index contributed by atoms with van der Waals surface area (Å²) in [5.41, 5.74) is 4.02. The van der Waals surface area contributed by atoms with Gasteiger partial charge >= 0.3 is 0 Å². The molecule has 1 heterocycles. The molecule has 1 N–H and O–H groups in total. The predicted octanol–water partition coefficient (Wildman–Crippen LogP) is 4.37. The monoisotopic (exact) mass is 346 g/mol. The van der Waals surface area contributed by atoms with Crippen molar-refractivity contribution < 1.29 is 4.79 Å². The number of carbonyl (C=O) groups is 1. The van der Waals surface area contributed by atoms with Crippen LogP contribution in [-0.4, -0.2) is 22.9 Å². The number of aryl methyl sites for hydroxylation is 2. The van der Waals surface area contributed by atoms with Crippen LogP contribution in [-0.2, 0) is 6.42 Å². The van der Waals surface area contributed by atoms with Crippen LogP contribution in [0.25, 0.3) is 0 Å². The fourth-order valence-corrected chi connectivity index (χ4v) is 2.61. The summed E-state index contributed by atoms with van der Waals surface area (Å²) in [7, 11) is 1.88. The number of anilines is 3. The lowest BCUT2D eigenvalue weighted by Crippen LogP contribution is -2.19. The molecule has 2 aromatic carbocycles. The summed E-state index contributed by atoms with van der Waals surface area (Å²) >= 11 is 0. The van der Waals surface area contributed by atoms with E-state index in [1.165, 1.54) is 5.56 Å². The van der Waals surface area contributed by atoms with Crippen molar-refractivity contribution in [2.75, 3.05) is 17.3 Å². The summed E-state index contributed by atoms with van der Waals surface area (Å²) in [6, 6.07) is 19.3. The Morgan fingerprint density at radius 3 is 2.38 bits per heavy atom. The van der Waals surface area contributed by atoms with Crippen molar-refractivity contribution >= 4 is 23.2 Å². The van der Waals surface area contributed by atoms with Crippen LogP contribution in [0.2, 0.25) is 0 Å². The van der Waals surface area contributed by atoms with E-state index >= 15 is 0 Å². The first-order valence-corrected chi connectivity index (χ1v) is 8.61. The zero-order valence-electron chi connectivity index (χ0n) is 15.2. The van der Waals surface area contributed by atoms with Crippen LogP contribution >= 0.6 is 0 Å². The molecule has 1 amide bonds. The molecule has 0 aliphatic rings. The molecule has 26 heavy (non-hydrogen) atoms. The van der Waals surface area contributed by atoms with E-state index in [1.54, 1.807) is 6.07 Å². The van der Waals surface area contributed by atoms with Crippen molar-refractivity contribution in [3.8, 4) is 0 Å². The van der Waals surface area contributed by atoms with Crippen LogP contribution < -0.4 is 10.2 Å². The molecule has 0 saturated heterocycles. The topological polar surface area (TPSA) is 58.1 Å². The SMILES string of the molecule is CCc1ccc(NC(=O)c2cc(C)nc(N(C)c3ccccc3)n2)cc1. The third-order valence-corrected chi connectivity index (χ3v) is 4.14. The lowest BCUT2D eigenvalue weighted by atomic mass is 10.1. The van der Waals surface area contributed by atoms with Crippen molar-refractivity contribution in [1.82, 2.24) is 9.97 Å². The van der Waals surface area contributed by atoms with Gasteiger partial charge in [-0.3, -0.25) is 4.79 Å². The van der Waals surface area contributed by atoms with Gasteiger partial charge in [0, 0.05) is 24.1 Å². The number of hydrogen-bond donors (Lipinski definition) is 1. The van der Waals surface area contributed by atoms with E-state index in [0.29, 0.717) is 11.6 Å². The number of rotatable bonds is 5. The van der Waals surface area contributed by atoms with Gasteiger partial charge in [-0.25, -0.2) is 9.97 Å². The first-order valence-electron chi connectivity index (χ1n) is 8.61. The van der Waals surface area contributed by atoms with Gasteiger partial charge in [0.15, 0.2) is 0 Å². The minimum absolute atomic E-state index is 0.248. The molecule has 0 bridgehead atoms. The predicted molar refractivity (Wildman–Crippen MR) is 105 cm³/mol. The molecule has 3 aromatic rings. The standard InChI is InChI=1S/C21H22N4O/c1-4-16-10-12-17(13-11-16)23-20(26)19-14-15(2)22-21(24-19)25(3)18-8-6-5-7-9-18/h5-14H,4H2,1-3H3,(H,23,26). The maximum Gasteiger partial charge on any atom is 0.274 e. The van der Waals surface area contributed by atoms with Gasteiger partial charge in [0.2, 0.25) is 5.95 Å². The number of aromatic nitrogens is 2. The summed E-state index contributed by atoms with van der Waals surface area (Å²) in [5.74, 6) is 0.241. The molecule has 0 saturated carbocycles. The van der Waals surface area contributed by atoms with Gasteiger partial charge in [-0.2, -0.15) is 0 Å². The second kappa shape index (κ2) is 7.78. The van der Waals surface area contributed by atoms with Crippen LogP contribution in [0.1, 0.15) is 28.7 Å². The van der Waals surface area contributed by atoms with Gasteiger partial charge in [0.25, 0.3) is 5.91 Å². The molecule has 5 nitrogen and oxygen atoms in total. The highest BCUT2D eigenvalue weighted by Crippen LogP contribution is 2.20. The van der Waals surface area contributed by atoms with E-state index in [4.69, 9.17) is 0 Å². The van der Waals surface area contributed by atoms with Gasteiger partial charge in [-0.15, -0.1) is 0 Å². The van der Waals surface area contributed by atoms with E-state index < -0.39 is 0 Å². The number of benzene rings is 2. The Bertz CT molecular complexity index is 892. The second-order valence-corrected chi connectivity index (χ2v) is 6.09. The van der Waals surface area contributed by atoms with E-state index in [2.05, 4.69) is 22.2 Å². The number of amides is 1. The largest absolute Gasteiger partial charge is 0.321 e. The summed E-state index contributed by atoms with van der Waals surface area (Å²) < 4.78 is 0. The third-order valence-electron chi connectivity index (χ3n) is 4.14. The summed E-state index contributed by atoms with van der Waals surface area (Å²) in [6.45, 7) is 3.96. The quantitative estimate of drug-likeness (QED) is 0.745. The maximum absolute atomic E-state index is 12.6. The highest BCUT2D eigenvalue weighted by Gasteiger charge is 2.14. The summed E-state index contributed by atoms with van der Waals surface area (Å²) in [4.78, 5) is 23.4. The molecule has 0 unspecified atom stereocenters. The average Bonchev–Trinajstić information content (AvgIpc) is 2.68. The van der Waals surface area contributed by atoms with E-state index in [1.807, 2.05) is 73.5 Å². The highest BCUT2D eigenvalue weighted by atomic mass is 16.1. The fourth-order valence-electron chi connectivity index (χ4n) is 2.61. The molecule has 0 atom stereocenters. The molecule has 3 rings (SSSR count). The minimum Gasteiger partial charge on any atom is -0.321 e. The number of para-hydroxylation sites is 1. The van der Waals surface area contributed by atoms with Crippen molar-refractivity contribution in [3.63, 3.8) is 0 Å². The van der Waals surface area contributed by atoms with Crippen molar-refractivity contribution in [2.24, 2.45) is 0 Å². The number of carbonyl (C=O) groups excluding carboxylic acids is 1. The van der Waals surface area contributed by atoms with E-state index in [9.17, 15) is 4.79 Å². The molecule has 0 radical (unpaired) electrons. The zero-order valence-corrected chi connectivity index (χ0v) is 15.2. The maximum atomic E-state index is 12.6. The Hall–Kier alpha value is -3.21. The third kappa shape index (κ3) is 4.06. The zero-order chi connectivity index (χ0) is 18.5. The van der Waals surface area contributed by atoms with E-state index in [0.717, 1.165) is 23.5 Å². The summed E-state index contributed by atoms with van der Waals surface area (Å²) in [6.07, 6.45) is 0.967. The number of nitrogens with one attached hydrogen (secondary N) is 1. The molecule has 0 fully saturated rings. The Kier molecular flexibility index (Phi) is 5.27. The van der Waals surface area contributed by atoms with Crippen LogP contribution in [0.4, 0.5) is 17.3 Å². The van der Waals surface area contributed by atoms with E-state index in [-0.39, 0.29) is 5.91 Å². The van der Waals surface area contributed by atoms with Crippen LogP contribution in [0.3, 0.4) is 0 Å². The first-order chi connectivity index (χ1) is 12.6. The Morgan fingerprint density at radius 1 is 1.04 bits per heavy atom. The molecule has 0 aliphatic heterocycles. The molecule has 0 spiro atoms. The second-order valence-electron chi connectivity index (χ2n) is 6.09. The Morgan fingerprint density at radius 2 is 1.73 bits per heavy atom. The molecular formula is C21H22N4O. The highest BCUT2D eigenvalue weighted by molar-refractivity contribution is 6.03. The van der Waals surface area contributed by atoms with Gasteiger partial charge in [0.05, 0.1) is 0 Å². The van der Waals surface area contributed by atoms with Gasteiger partial charge in [-0.05, 0) is 49.2 Å². The van der Waals surface area contributed by atoms with Crippen LogP contribution in [0.15, 0.2) is 60.7 Å². The van der Waals surface area contributed by atoms with Crippen molar-refractivity contribution in [1.29, 1.82) is 0 Å². The van der Waals surface area contributed by atoms with Crippen LogP contribution in [0.5, 0.6) is 0 Å². The minimum atomic E-state index is -0.248. The van der Waals surface area contributed by atoms with Gasteiger partial charge < -0.3 is 10.2 Å². The first kappa shape index (κ1) is 17.6. The van der Waals surface area contributed by atoms with Crippen molar-refractivity contribution in [3.05, 3.63) is 77.6 Å². The lowest BCUT2D eigenvalue weighted by molar-refractivity contribution is 0.102. The normalized spacial score (nSPS) is 10.4. The molecule has 132 valence electrons. The van der Waals surface area contributed by atoms with Gasteiger partial charge in [-0.1, -0.05) is 37.3 Å². The number of hydrogen-bond acceptors (Lipinski definition) is 4. The molecule has 1 aromatic heterocycles. The summed E-state index contributed by atoms with van der Waals surface area (Å²) in [5, 5.41) is 2.89. The molecule has 5 heteroatoms.